The number of hydrogen-bond acceptors (Lipinski definition) is 4. The van der Waals surface area contributed by atoms with Crippen molar-refractivity contribution < 1.29 is 14.4 Å². The minimum atomic E-state index is -0.366. The smallest absolute Gasteiger partial charge is 0.274 e. The number of benzene rings is 1. The summed E-state index contributed by atoms with van der Waals surface area (Å²) < 4.78 is 0. The van der Waals surface area contributed by atoms with E-state index in [1.165, 1.54) is 11.1 Å². The number of carbonyl (C=O) groups excluding carboxylic acids is 3. The van der Waals surface area contributed by atoms with Crippen LogP contribution in [0.5, 0.6) is 0 Å². The zero-order valence-electron chi connectivity index (χ0n) is 14.7. The Labute approximate surface area is 166 Å². The summed E-state index contributed by atoms with van der Waals surface area (Å²) in [6, 6.07) is 9.82. The largest absolute Gasteiger partial charge is 0.321 e. The third-order valence-electron chi connectivity index (χ3n) is 5.81. The van der Waals surface area contributed by atoms with Gasteiger partial charge in [-0.15, -0.1) is 0 Å². The molecule has 5 rings (SSSR count). The standard InChI is InChI=1S/C21H16ClN3O3/c22-14-10-13(24-19(26)15-3-1-2-8-23-15)6-7-16(14)25-20(27)17-11-4-5-12(9-11)18(17)21(25)28/h1-8,10-12,17-18H,9H2,(H,24,26)/t11-,12+,17+,18?/m0/s1. The van der Waals surface area contributed by atoms with Gasteiger partial charge >= 0.3 is 0 Å². The van der Waals surface area contributed by atoms with E-state index in [2.05, 4.69) is 22.5 Å². The fourth-order valence-electron chi connectivity index (χ4n) is 4.60. The molecule has 28 heavy (non-hydrogen) atoms. The number of pyridine rings is 1. The van der Waals surface area contributed by atoms with Crippen molar-refractivity contribution in [3.8, 4) is 0 Å². The minimum Gasteiger partial charge on any atom is -0.321 e. The van der Waals surface area contributed by atoms with Crippen LogP contribution in [-0.2, 0) is 9.59 Å². The van der Waals surface area contributed by atoms with Crippen LogP contribution in [0.4, 0.5) is 11.4 Å². The van der Waals surface area contributed by atoms with Gasteiger partial charge in [-0.1, -0.05) is 29.8 Å². The fourth-order valence-corrected chi connectivity index (χ4v) is 4.86. The van der Waals surface area contributed by atoms with Gasteiger partial charge in [0.1, 0.15) is 5.69 Å². The van der Waals surface area contributed by atoms with Crippen molar-refractivity contribution in [1.29, 1.82) is 0 Å². The number of aromatic nitrogens is 1. The first-order valence-electron chi connectivity index (χ1n) is 9.12. The summed E-state index contributed by atoms with van der Waals surface area (Å²) in [4.78, 5) is 43.3. The summed E-state index contributed by atoms with van der Waals surface area (Å²) in [5, 5.41) is 2.96. The second-order valence-corrected chi connectivity index (χ2v) is 7.75. The van der Waals surface area contributed by atoms with Crippen LogP contribution in [0.25, 0.3) is 0 Å². The molecule has 1 N–H and O–H groups in total. The number of anilines is 2. The molecule has 1 aromatic heterocycles. The van der Waals surface area contributed by atoms with E-state index in [1.807, 2.05) is 0 Å². The highest BCUT2D eigenvalue weighted by Gasteiger charge is 2.59. The van der Waals surface area contributed by atoms with Crippen molar-refractivity contribution in [2.45, 2.75) is 6.42 Å². The summed E-state index contributed by atoms with van der Waals surface area (Å²) in [7, 11) is 0. The van der Waals surface area contributed by atoms with Crippen LogP contribution in [-0.4, -0.2) is 22.7 Å². The highest BCUT2D eigenvalue weighted by molar-refractivity contribution is 6.36. The van der Waals surface area contributed by atoms with Crippen molar-refractivity contribution in [2.24, 2.45) is 23.7 Å². The van der Waals surface area contributed by atoms with Crippen molar-refractivity contribution in [3.05, 3.63) is 65.5 Å². The number of hydrogen-bond donors (Lipinski definition) is 1. The molecule has 7 heteroatoms. The Morgan fingerprint density at radius 3 is 2.39 bits per heavy atom. The first-order valence-corrected chi connectivity index (χ1v) is 9.50. The van der Waals surface area contributed by atoms with Gasteiger partial charge in [-0.25, -0.2) is 4.90 Å². The maximum atomic E-state index is 12.9. The summed E-state index contributed by atoms with van der Waals surface area (Å²) in [6.07, 6.45) is 6.53. The Kier molecular flexibility index (Phi) is 3.84. The predicted octanol–water partition coefficient (Wildman–Crippen LogP) is 3.30. The molecule has 2 fully saturated rings. The van der Waals surface area contributed by atoms with E-state index in [4.69, 9.17) is 11.6 Å². The summed E-state index contributed by atoms with van der Waals surface area (Å²) >= 11 is 6.39. The van der Waals surface area contributed by atoms with Gasteiger partial charge in [0.25, 0.3) is 5.91 Å². The highest BCUT2D eigenvalue weighted by atomic mass is 35.5. The topological polar surface area (TPSA) is 79.4 Å². The normalized spacial score (nSPS) is 27.4. The van der Waals surface area contributed by atoms with Gasteiger partial charge in [0.05, 0.1) is 22.5 Å². The lowest BCUT2D eigenvalue weighted by Crippen LogP contribution is -2.33. The second-order valence-electron chi connectivity index (χ2n) is 7.35. The molecule has 1 saturated carbocycles. The number of carbonyl (C=O) groups is 3. The van der Waals surface area contributed by atoms with Crippen molar-refractivity contribution in [1.82, 2.24) is 4.98 Å². The van der Waals surface area contributed by atoms with Gasteiger partial charge in [-0.2, -0.15) is 0 Å². The lowest BCUT2D eigenvalue weighted by molar-refractivity contribution is -0.123. The first-order chi connectivity index (χ1) is 13.5. The second kappa shape index (κ2) is 6.27. The van der Waals surface area contributed by atoms with Gasteiger partial charge < -0.3 is 5.32 Å². The van der Waals surface area contributed by atoms with E-state index < -0.39 is 0 Å². The van der Waals surface area contributed by atoms with E-state index in [0.717, 1.165) is 6.42 Å². The molecule has 0 spiro atoms. The highest BCUT2D eigenvalue weighted by Crippen LogP contribution is 2.53. The molecule has 6 nitrogen and oxygen atoms in total. The molecule has 1 aromatic carbocycles. The van der Waals surface area contributed by atoms with Gasteiger partial charge in [0, 0.05) is 11.9 Å². The Morgan fingerprint density at radius 2 is 1.79 bits per heavy atom. The van der Waals surface area contributed by atoms with Gasteiger partial charge in [-0.05, 0) is 48.6 Å². The maximum absolute atomic E-state index is 12.9. The molecule has 2 bridgehead atoms. The van der Waals surface area contributed by atoms with Crippen LogP contribution in [0.15, 0.2) is 54.7 Å². The lowest BCUT2D eigenvalue weighted by atomic mass is 9.85. The predicted molar refractivity (Wildman–Crippen MR) is 104 cm³/mol. The third-order valence-corrected chi connectivity index (χ3v) is 6.12. The minimum absolute atomic E-state index is 0.146. The number of amides is 3. The molecule has 3 amide bonds. The van der Waals surface area contributed by atoms with Crippen LogP contribution < -0.4 is 10.2 Å². The number of nitrogens with one attached hydrogen (secondary N) is 1. The molecule has 3 aliphatic rings. The van der Waals surface area contributed by atoms with E-state index in [1.54, 1.807) is 36.4 Å². The molecular formula is C21H16ClN3O3. The molecule has 140 valence electrons. The lowest BCUT2D eigenvalue weighted by Gasteiger charge is -2.19. The molecule has 2 aliphatic carbocycles. The fraction of sp³-hybridized carbons (Fsp3) is 0.238. The quantitative estimate of drug-likeness (QED) is 0.641. The Bertz CT molecular complexity index is 1010. The van der Waals surface area contributed by atoms with Gasteiger partial charge in [0.2, 0.25) is 11.8 Å². The van der Waals surface area contributed by atoms with E-state index in [0.29, 0.717) is 11.4 Å². The zero-order valence-corrected chi connectivity index (χ0v) is 15.5. The van der Waals surface area contributed by atoms with Crippen LogP contribution in [0.2, 0.25) is 5.02 Å². The van der Waals surface area contributed by atoms with Crippen LogP contribution in [0, 0.1) is 23.7 Å². The zero-order chi connectivity index (χ0) is 19.4. The molecular weight excluding hydrogens is 378 g/mol. The number of imide groups is 1. The number of halogens is 1. The number of fused-ring (bicyclic) bond motifs is 5. The Balaban J connectivity index is 1.39. The van der Waals surface area contributed by atoms with E-state index in [9.17, 15) is 14.4 Å². The Morgan fingerprint density at radius 1 is 1.07 bits per heavy atom. The first kappa shape index (κ1) is 17.1. The van der Waals surface area contributed by atoms with E-state index in [-0.39, 0.29) is 52.1 Å². The number of allylic oxidation sites excluding steroid dienone is 2. The molecule has 4 atom stereocenters. The summed E-state index contributed by atoms with van der Waals surface area (Å²) in [6.45, 7) is 0. The van der Waals surface area contributed by atoms with Crippen LogP contribution >= 0.6 is 11.6 Å². The SMILES string of the molecule is O=C(Nc1ccc(N2C(=O)C3[C@@H]4C=C[C@@H](C4)[C@H]3C2=O)c(Cl)c1)c1ccccn1. The van der Waals surface area contributed by atoms with E-state index >= 15 is 0 Å². The van der Waals surface area contributed by atoms with Crippen molar-refractivity contribution >= 4 is 40.7 Å². The van der Waals surface area contributed by atoms with Gasteiger partial charge in [-0.3, -0.25) is 19.4 Å². The van der Waals surface area contributed by atoms with Gasteiger partial charge in [0.15, 0.2) is 0 Å². The molecule has 1 aliphatic heterocycles. The summed E-state index contributed by atoms with van der Waals surface area (Å²) in [5.74, 6) is -0.989. The molecule has 1 unspecified atom stereocenters. The monoisotopic (exact) mass is 393 g/mol. The van der Waals surface area contributed by atoms with Crippen molar-refractivity contribution in [2.75, 3.05) is 10.2 Å². The molecule has 1 saturated heterocycles. The summed E-state index contributed by atoms with van der Waals surface area (Å²) in [5.41, 5.74) is 1.11. The average Bonchev–Trinajstić information content (AvgIpc) is 3.37. The number of rotatable bonds is 3. The number of nitrogens with zero attached hydrogens (tertiary/aromatic N) is 2. The molecule has 2 aromatic rings. The molecule has 2 heterocycles. The third kappa shape index (κ3) is 2.48. The average molecular weight is 394 g/mol. The Hall–Kier alpha value is -2.99. The van der Waals surface area contributed by atoms with Crippen molar-refractivity contribution in [3.63, 3.8) is 0 Å². The van der Waals surface area contributed by atoms with Crippen LogP contribution in [0.3, 0.4) is 0 Å². The maximum Gasteiger partial charge on any atom is 0.274 e. The van der Waals surface area contributed by atoms with Crippen LogP contribution in [0.1, 0.15) is 16.9 Å². The molecule has 0 radical (unpaired) electrons.